The largest absolute Gasteiger partial charge is 0.379 e. The molecule has 96 valence electrons. The quantitative estimate of drug-likeness (QED) is 0.521. The van der Waals surface area contributed by atoms with E-state index in [1.54, 1.807) is 50.6 Å². The van der Waals surface area contributed by atoms with E-state index in [-0.39, 0.29) is 17.3 Å². The van der Waals surface area contributed by atoms with Crippen molar-refractivity contribution in [2.45, 2.75) is 0 Å². The fourth-order valence-electron chi connectivity index (χ4n) is 2.20. The van der Waals surface area contributed by atoms with E-state index in [1.807, 2.05) is 0 Å². The number of benzene rings is 1. The number of hydrogen-bond acceptors (Lipinski definition) is 4. The average molecular weight is 256 g/mol. The van der Waals surface area contributed by atoms with E-state index in [0.29, 0.717) is 17.0 Å². The van der Waals surface area contributed by atoms with Crippen LogP contribution in [0.1, 0.15) is 10.4 Å². The second kappa shape index (κ2) is 3.98. The number of likely N-dealkylation sites (N-methyl/N-ethyl adjacent to an activating group) is 1. The van der Waals surface area contributed by atoms with Gasteiger partial charge in [0.15, 0.2) is 5.76 Å². The summed E-state index contributed by atoms with van der Waals surface area (Å²) in [4.78, 5) is 31.5. The molecule has 1 aromatic carbocycles. The van der Waals surface area contributed by atoms with Crippen LogP contribution in [0.5, 0.6) is 0 Å². The van der Waals surface area contributed by atoms with Gasteiger partial charge in [-0.25, -0.2) is 5.06 Å². The Hall–Kier alpha value is -2.56. The molecule has 0 saturated heterocycles. The highest BCUT2D eigenvalue weighted by Crippen LogP contribution is 2.32. The Morgan fingerprint density at radius 1 is 1.11 bits per heavy atom. The van der Waals surface area contributed by atoms with Crippen molar-refractivity contribution in [1.82, 2.24) is 5.06 Å². The van der Waals surface area contributed by atoms with Gasteiger partial charge < -0.3 is 9.74 Å². The summed E-state index contributed by atoms with van der Waals surface area (Å²) >= 11 is 0. The summed E-state index contributed by atoms with van der Waals surface area (Å²) in [6.45, 7) is 0. The SMILES string of the molecule is CN1C=CC(=C2C(=O)c3ccccc3N(C)C2=O)O1. The van der Waals surface area contributed by atoms with Crippen molar-refractivity contribution in [3.63, 3.8) is 0 Å². The summed E-state index contributed by atoms with van der Waals surface area (Å²) < 4.78 is 0. The van der Waals surface area contributed by atoms with Gasteiger partial charge in [0, 0.05) is 31.9 Å². The highest BCUT2D eigenvalue weighted by atomic mass is 16.7. The summed E-state index contributed by atoms with van der Waals surface area (Å²) in [5, 5.41) is 1.45. The second-order valence-corrected chi connectivity index (χ2v) is 4.40. The van der Waals surface area contributed by atoms with Crippen LogP contribution in [0.15, 0.2) is 47.9 Å². The van der Waals surface area contributed by atoms with Crippen molar-refractivity contribution < 1.29 is 14.4 Å². The Balaban J connectivity index is 2.18. The lowest BCUT2D eigenvalue weighted by molar-refractivity contribution is -0.115. The highest BCUT2D eigenvalue weighted by molar-refractivity contribution is 6.34. The van der Waals surface area contributed by atoms with Crippen LogP contribution in [0.4, 0.5) is 5.69 Å². The van der Waals surface area contributed by atoms with E-state index >= 15 is 0 Å². The van der Waals surface area contributed by atoms with Gasteiger partial charge in [-0.05, 0) is 12.1 Å². The second-order valence-electron chi connectivity index (χ2n) is 4.40. The van der Waals surface area contributed by atoms with Gasteiger partial charge in [0.2, 0.25) is 5.78 Å². The van der Waals surface area contributed by atoms with Crippen LogP contribution in [0, 0.1) is 0 Å². The van der Waals surface area contributed by atoms with Gasteiger partial charge >= 0.3 is 0 Å². The maximum Gasteiger partial charge on any atom is 0.265 e. The molecule has 0 N–H and O–H groups in total. The van der Waals surface area contributed by atoms with Crippen molar-refractivity contribution in [2.75, 3.05) is 19.0 Å². The topological polar surface area (TPSA) is 49.9 Å². The monoisotopic (exact) mass is 256 g/mol. The number of carbonyl (C=O) groups excluding carboxylic acids is 2. The Bertz CT molecular complexity index is 646. The minimum atomic E-state index is -0.348. The fraction of sp³-hybridized carbons (Fsp3) is 0.143. The molecule has 0 unspecified atom stereocenters. The number of hydroxylamine groups is 2. The molecule has 0 aromatic heterocycles. The van der Waals surface area contributed by atoms with Crippen LogP contribution in [0.2, 0.25) is 0 Å². The molecule has 2 heterocycles. The molecule has 0 fully saturated rings. The van der Waals surface area contributed by atoms with Gasteiger partial charge in [-0.3, -0.25) is 9.59 Å². The minimum Gasteiger partial charge on any atom is -0.379 e. The first-order valence-electron chi connectivity index (χ1n) is 5.84. The number of Topliss-reactive ketones (excluding diaryl/α,β-unsaturated/α-hetero) is 1. The zero-order valence-corrected chi connectivity index (χ0v) is 10.6. The van der Waals surface area contributed by atoms with Crippen LogP contribution < -0.4 is 4.90 Å². The van der Waals surface area contributed by atoms with Gasteiger partial charge in [0.25, 0.3) is 5.91 Å². The summed E-state index contributed by atoms with van der Waals surface area (Å²) in [5.74, 6) is -0.355. The molecule has 5 heteroatoms. The Labute approximate surface area is 110 Å². The average Bonchev–Trinajstić information content (AvgIpc) is 2.83. The van der Waals surface area contributed by atoms with Crippen LogP contribution in [-0.2, 0) is 9.63 Å². The molecular weight excluding hydrogens is 244 g/mol. The van der Waals surface area contributed by atoms with Gasteiger partial charge in [-0.2, -0.15) is 0 Å². The van der Waals surface area contributed by atoms with E-state index in [4.69, 9.17) is 4.84 Å². The lowest BCUT2D eigenvalue weighted by Gasteiger charge is -2.26. The highest BCUT2D eigenvalue weighted by Gasteiger charge is 2.36. The van der Waals surface area contributed by atoms with E-state index in [1.165, 1.54) is 9.96 Å². The third-order valence-electron chi connectivity index (χ3n) is 3.18. The normalized spacial score (nSPS) is 21.8. The van der Waals surface area contributed by atoms with Crippen LogP contribution in [-0.4, -0.2) is 30.8 Å². The first-order chi connectivity index (χ1) is 9.09. The number of allylic oxidation sites excluding steroid dienone is 1. The maximum absolute atomic E-state index is 12.4. The van der Waals surface area contributed by atoms with Gasteiger partial charge in [0.05, 0.1) is 5.69 Å². The lowest BCUT2D eigenvalue weighted by Crippen LogP contribution is -2.37. The first-order valence-corrected chi connectivity index (χ1v) is 5.84. The summed E-state index contributed by atoms with van der Waals surface area (Å²) in [6, 6.07) is 7.04. The molecule has 0 spiro atoms. The number of ketones is 1. The Kier molecular flexibility index (Phi) is 2.41. The van der Waals surface area contributed by atoms with E-state index in [2.05, 4.69) is 0 Å². The third kappa shape index (κ3) is 1.62. The molecule has 0 bridgehead atoms. The summed E-state index contributed by atoms with van der Waals surface area (Å²) in [5.41, 5.74) is 1.21. The molecule has 0 radical (unpaired) electrons. The smallest absolute Gasteiger partial charge is 0.265 e. The summed E-state index contributed by atoms with van der Waals surface area (Å²) in [7, 11) is 3.34. The molecule has 19 heavy (non-hydrogen) atoms. The number of para-hydroxylation sites is 1. The Morgan fingerprint density at radius 3 is 2.53 bits per heavy atom. The zero-order valence-electron chi connectivity index (χ0n) is 10.6. The van der Waals surface area contributed by atoms with Crippen molar-refractivity contribution >= 4 is 17.4 Å². The minimum absolute atomic E-state index is 0.0711. The molecule has 0 atom stereocenters. The van der Waals surface area contributed by atoms with Crippen molar-refractivity contribution in [3.05, 3.63) is 53.4 Å². The fourth-order valence-corrected chi connectivity index (χ4v) is 2.20. The summed E-state index contributed by atoms with van der Waals surface area (Å²) in [6.07, 6.45) is 3.27. The molecule has 0 saturated carbocycles. The van der Waals surface area contributed by atoms with Crippen molar-refractivity contribution in [2.24, 2.45) is 0 Å². The molecule has 0 aliphatic carbocycles. The third-order valence-corrected chi connectivity index (χ3v) is 3.18. The van der Waals surface area contributed by atoms with E-state index in [9.17, 15) is 9.59 Å². The maximum atomic E-state index is 12.4. The molecule has 1 aromatic rings. The number of nitrogens with zero attached hydrogens (tertiary/aromatic N) is 2. The van der Waals surface area contributed by atoms with Gasteiger partial charge in [-0.15, -0.1) is 0 Å². The van der Waals surface area contributed by atoms with Crippen LogP contribution in [0.25, 0.3) is 0 Å². The molecule has 2 aliphatic heterocycles. The van der Waals surface area contributed by atoms with Crippen LogP contribution in [0.3, 0.4) is 0 Å². The molecule has 2 aliphatic rings. The standard InChI is InChI=1S/C14H12N2O3/c1-15-8-7-11(19-15)12-13(17)9-5-3-4-6-10(9)16(2)14(12)18/h3-8H,1-2H3. The molecule has 1 amide bonds. The predicted octanol–water partition coefficient (Wildman–Crippen LogP) is 1.49. The molecular formula is C14H12N2O3. The van der Waals surface area contributed by atoms with Gasteiger partial charge in [-0.1, -0.05) is 12.1 Å². The lowest BCUT2D eigenvalue weighted by atomic mass is 9.94. The number of amides is 1. The molecule has 5 nitrogen and oxygen atoms in total. The van der Waals surface area contributed by atoms with Crippen LogP contribution >= 0.6 is 0 Å². The Morgan fingerprint density at radius 2 is 1.84 bits per heavy atom. The van der Waals surface area contributed by atoms with E-state index < -0.39 is 0 Å². The van der Waals surface area contributed by atoms with Crippen molar-refractivity contribution in [1.29, 1.82) is 0 Å². The molecule has 3 rings (SSSR count). The zero-order chi connectivity index (χ0) is 13.6. The van der Waals surface area contributed by atoms with Gasteiger partial charge in [0.1, 0.15) is 5.57 Å². The number of carbonyl (C=O) groups is 2. The number of anilines is 1. The van der Waals surface area contributed by atoms with E-state index in [0.717, 1.165) is 0 Å². The number of fused-ring (bicyclic) bond motifs is 1. The van der Waals surface area contributed by atoms with Crippen molar-refractivity contribution in [3.8, 4) is 0 Å². The number of rotatable bonds is 0. The first kappa shape index (κ1) is 11.5. The predicted molar refractivity (Wildman–Crippen MR) is 69.2 cm³/mol. The number of hydrogen-bond donors (Lipinski definition) is 0.